The first-order valence-electron chi connectivity index (χ1n) is 7.06. The van der Waals surface area contributed by atoms with E-state index in [0.717, 1.165) is 29.6 Å². The number of nitrogens with one attached hydrogen (secondary N) is 1. The number of benzene rings is 2. The molecule has 0 saturated carbocycles. The average Bonchev–Trinajstić information content (AvgIpc) is 2.47. The predicted molar refractivity (Wildman–Crippen MR) is 90.9 cm³/mol. The van der Waals surface area contributed by atoms with E-state index in [1.165, 1.54) is 11.1 Å². The van der Waals surface area contributed by atoms with Crippen LogP contribution in [0.2, 0.25) is 15.1 Å². The first-order chi connectivity index (χ1) is 10.1. The standard InChI is InChI=1S/C17H16Cl3N/c18-12-3-1-2-11(8-12)16-10-21-7-6-14(16)15-5-4-13(19)9-17(15)20/h1-5,8-9,14,16,21H,6-7,10H2. The quantitative estimate of drug-likeness (QED) is 0.760. The van der Waals surface area contributed by atoms with Crippen molar-refractivity contribution in [2.45, 2.75) is 18.3 Å². The van der Waals surface area contributed by atoms with Crippen LogP contribution in [0.1, 0.15) is 29.4 Å². The fourth-order valence-electron chi connectivity index (χ4n) is 3.12. The van der Waals surface area contributed by atoms with E-state index in [-0.39, 0.29) is 0 Å². The monoisotopic (exact) mass is 339 g/mol. The molecule has 1 heterocycles. The topological polar surface area (TPSA) is 12.0 Å². The van der Waals surface area contributed by atoms with E-state index in [1.807, 2.05) is 24.3 Å². The number of rotatable bonds is 2. The van der Waals surface area contributed by atoms with Gasteiger partial charge in [-0.05, 0) is 54.3 Å². The predicted octanol–water partition coefficient (Wildman–Crippen LogP) is 5.51. The Balaban J connectivity index is 1.98. The molecular formula is C17H16Cl3N. The number of halogens is 3. The molecule has 2 aromatic rings. The summed E-state index contributed by atoms with van der Waals surface area (Å²) in [6, 6.07) is 13.9. The summed E-state index contributed by atoms with van der Waals surface area (Å²) >= 11 is 18.6. The second kappa shape index (κ2) is 6.58. The normalized spacial score (nSPS) is 22.2. The van der Waals surface area contributed by atoms with Gasteiger partial charge in [0.25, 0.3) is 0 Å². The SMILES string of the molecule is Clc1cccc(C2CNCCC2c2ccc(Cl)cc2Cl)c1. The zero-order valence-electron chi connectivity index (χ0n) is 11.5. The van der Waals surface area contributed by atoms with E-state index < -0.39 is 0 Å². The summed E-state index contributed by atoms with van der Waals surface area (Å²) in [7, 11) is 0. The van der Waals surface area contributed by atoms with Crippen molar-refractivity contribution < 1.29 is 0 Å². The van der Waals surface area contributed by atoms with Gasteiger partial charge in [0.15, 0.2) is 0 Å². The molecule has 21 heavy (non-hydrogen) atoms. The van der Waals surface area contributed by atoms with E-state index in [4.69, 9.17) is 34.8 Å². The van der Waals surface area contributed by atoms with Crippen LogP contribution in [-0.4, -0.2) is 13.1 Å². The van der Waals surface area contributed by atoms with Gasteiger partial charge >= 0.3 is 0 Å². The third kappa shape index (κ3) is 3.37. The summed E-state index contributed by atoms with van der Waals surface area (Å²) in [5.74, 6) is 0.755. The number of hydrogen-bond acceptors (Lipinski definition) is 1. The molecule has 0 aliphatic carbocycles. The Morgan fingerprint density at radius 1 is 0.905 bits per heavy atom. The highest BCUT2D eigenvalue weighted by molar-refractivity contribution is 6.35. The van der Waals surface area contributed by atoms with Crippen LogP contribution in [0.15, 0.2) is 42.5 Å². The van der Waals surface area contributed by atoms with Crippen molar-refractivity contribution >= 4 is 34.8 Å². The summed E-state index contributed by atoms with van der Waals surface area (Å²) in [5.41, 5.74) is 2.43. The van der Waals surface area contributed by atoms with Gasteiger partial charge < -0.3 is 5.32 Å². The largest absolute Gasteiger partial charge is 0.316 e. The van der Waals surface area contributed by atoms with Gasteiger partial charge in [-0.2, -0.15) is 0 Å². The van der Waals surface area contributed by atoms with Crippen molar-refractivity contribution in [3.05, 3.63) is 68.7 Å². The van der Waals surface area contributed by atoms with Crippen LogP contribution in [0.4, 0.5) is 0 Å². The molecule has 2 aromatic carbocycles. The van der Waals surface area contributed by atoms with Crippen LogP contribution in [0.25, 0.3) is 0 Å². The van der Waals surface area contributed by atoms with Gasteiger partial charge in [0, 0.05) is 27.5 Å². The lowest BCUT2D eigenvalue weighted by atomic mass is 9.77. The molecule has 1 nitrogen and oxygen atoms in total. The number of piperidine rings is 1. The molecule has 0 spiro atoms. The Kier molecular flexibility index (Phi) is 4.75. The van der Waals surface area contributed by atoms with E-state index in [1.54, 1.807) is 0 Å². The first kappa shape index (κ1) is 15.2. The van der Waals surface area contributed by atoms with Crippen molar-refractivity contribution in [2.24, 2.45) is 0 Å². The van der Waals surface area contributed by atoms with E-state index >= 15 is 0 Å². The maximum atomic E-state index is 6.42. The van der Waals surface area contributed by atoms with Crippen LogP contribution in [0, 0.1) is 0 Å². The highest BCUT2D eigenvalue weighted by Crippen LogP contribution is 2.41. The zero-order chi connectivity index (χ0) is 14.8. The lowest BCUT2D eigenvalue weighted by Gasteiger charge is -2.33. The van der Waals surface area contributed by atoms with E-state index in [9.17, 15) is 0 Å². The van der Waals surface area contributed by atoms with Crippen LogP contribution < -0.4 is 5.32 Å². The first-order valence-corrected chi connectivity index (χ1v) is 8.19. The Morgan fingerprint density at radius 2 is 1.71 bits per heavy atom. The van der Waals surface area contributed by atoms with Gasteiger partial charge in [-0.15, -0.1) is 0 Å². The van der Waals surface area contributed by atoms with Gasteiger partial charge in [0.1, 0.15) is 0 Å². The summed E-state index contributed by atoms with van der Waals surface area (Å²) < 4.78 is 0. The maximum absolute atomic E-state index is 6.42. The smallest absolute Gasteiger partial charge is 0.0455 e. The van der Waals surface area contributed by atoms with Crippen LogP contribution >= 0.6 is 34.8 Å². The minimum Gasteiger partial charge on any atom is -0.316 e. The highest BCUT2D eigenvalue weighted by Gasteiger charge is 2.29. The summed E-state index contributed by atoms with van der Waals surface area (Å²) in [4.78, 5) is 0. The molecule has 0 amide bonds. The van der Waals surface area contributed by atoms with E-state index in [2.05, 4.69) is 23.5 Å². The van der Waals surface area contributed by atoms with Crippen LogP contribution in [-0.2, 0) is 0 Å². The van der Waals surface area contributed by atoms with Gasteiger partial charge in [-0.3, -0.25) is 0 Å². The average molecular weight is 341 g/mol. The van der Waals surface area contributed by atoms with Gasteiger partial charge in [0.2, 0.25) is 0 Å². The van der Waals surface area contributed by atoms with Crippen molar-refractivity contribution in [3.63, 3.8) is 0 Å². The van der Waals surface area contributed by atoms with Crippen molar-refractivity contribution in [2.75, 3.05) is 13.1 Å². The molecule has 1 fully saturated rings. The fraction of sp³-hybridized carbons (Fsp3) is 0.294. The molecule has 2 unspecified atom stereocenters. The molecule has 4 heteroatoms. The molecule has 1 aliphatic rings. The second-order valence-corrected chi connectivity index (χ2v) is 6.71. The minimum absolute atomic E-state index is 0.371. The minimum atomic E-state index is 0.371. The molecule has 1 saturated heterocycles. The van der Waals surface area contributed by atoms with Crippen molar-refractivity contribution in [1.82, 2.24) is 5.32 Å². The molecular weight excluding hydrogens is 325 g/mol. The lowest BCUT2D eigenvalue weighted by Crippen LogP contribution is -2.34. The van der Waals surface area contributed by atoms with Crippen molar-refractivity contribution in [3.8, 4) is 0 Å². The zero-order valence-corrected chi connectivity index (χ0v) is 13.7. The summed E-state index contributed by atoms with van der Waals surface area (Å²) in [6.45, 7) is 1.94. The summed E-state index contributed by atoms with van der Waals surface area (Å²) in [6.07, 6.45) is 1.05. The lowest BCUT2D eigenvalue weighted by molar-refractivity contribution is 0.404. The highest BCUT2D eigenvalue weighted by atomic mass is 35.5. The molecule has 2 atom stereocenters. The Morgan fingerprint density at radius 3 is 2.48 bits per heavy atom. The number of hydrogen-bond donors (Lipinski definition) is 1. The third-order valence-electron chi connectivity index (χ3n) is 4.12. The molecule has 1 N–H and O–H groups in total. The molecule has 110 valence electrons. The molecule has 0 radical (unpaired) electrons. The van der Waals surface area contributed by atoms with Crippen LogP contribution in [0.5, 0.6) is 0 Å². The summed E-state index contributed by atoms with van der Waals surface area (Å²) in [5, 5.41) is 5.68. The molecule has 1 aliphatic heterocycles. The van der Waals surface area contributed by atoms with Gasteiger partial charge in [0.05, 0.1) is 0 Å². The maximum Gasteiger partial charge on any atom is 0.0455 e. The van der Waals surface area contributed by atoms with Crippen molar-refractivity contribution in [1.29, 1.82) is 0 Å². The molecule has 0 aromatic heterocycles. The van der Waals surface area contributed by atoms with Gasteiger partial charge in [-0.25, -0.2) is 0 Å². The Bertz CT molecular complexity index is 642. The molecule has 3 rings (SSSR count). The Hall–Kier alpha value is -0.730. The Labute approximate surface area is 140 Å². The fourth-order valence-corrected chi connectivity index (χ4v) is 3.87. The second-order valence-electron chi connectivity index (χ2n) is 5.43. The van der Waals surface area contributed by atoms with Gasteiger partial charge in [-0.1, -0.05) is 53.0 Å². The molecule has 0 bridgehead atoms. The van der Waals surface area contributed by atoms with E-state index in [0.29, 0.717) is 16.9 Å². The van der Waals surface area contributed by atoms with Crippen LogP contribution in [0.3, 0.4) is 0 Å². The third-order valence-corrected chi connectivity index (χ3v) is 4.92.